The van der Waals surface area contributed by atoms with Crippen LogP contribution >= 0.6 is 11.9 Å². The Balaban J connectivity index is 1.97. The highest BCUT2D eigenvalue weighted by Gasteiger charge is 2.24. The Morgan fingerprint density at radius 2 is 2.16 bits per heavy atom. The summed E-state index contributed by atoms with van der Waals surface area (Å²) in [6.07, 6.45) is 1.24. The maximum Gasteiger partial charge on any atom is 0.116 e. The topological polar surface area (TPSA) is 89.2 Å². The highest BCUT2D eigenvalue weighted by atomic mass is 32.2. The highest BCUT2D eigenvalue weighted by molar-refractivity contribution is 7.97. The first-order chi connectivity index (χ1) is 9.33. The predicted molar refractivity (Wildman–Crippen MR) is 77.9 cm³/mol. The number of hydrazone groups is 2. The van der Waals surface area contributed by atoms with Crippen molar-refractivity contribution < 1.29 is 4.74 Å². The van der Waals surface area contributed by atoms with Gasteiger partial charge < -0.3 is 16.4 Å². The van der Waals surface area contributed by atoms with E-state index in [1.807, 2.05) is 18.2 Å². The van der Waals surface area contributed by atoms with Gasteiger partial charge in [-0.25, -0.2) is 4.31 Å². The van der Waals surface area contributed by atoms with Crippen LogP contribution in [0.1, 0.15) is 0 Å². The van der Waals surface area contributed by atoms with Crippen LogP contribution < -0.4 is 11.7 Å². The van der Waals surface area contributed by atoms with E-state index < -0.39 is 0 Å². The normalized spacial score (nSPS) is 21.9. The van der Waals surface area contributed by atoms with Gasteiger partial charge in [-0.3, -0.25) is 0 Å². The van der Waals surface area contributed by atoms with Crippen molar-refractivity contribution in [2.24, 2.45) is 21.9 Å². The van der Waals surface area contributed by atoms with Crippen molar-refractivity contribution in [3.63, 3.8) is 0 Å². The summed E-state index contributed by atoms with van der Waals surface area (Å²) in [5, 5.41) is 7.12. The smallest absolute Gasteiger partial charge is 0.116 e. The summed E-state index contributed by atoms with van der Waals surface area (Å²) in [5.41, 5.74) is 0.556. The van der Waals surface area contributed by atoms with E-state index in [1.165, 1.54) is 11.1 Å². The van der Waals surface area contributed by atoms with Gasteiger partial charge in [0.25, 0.3) is 0 Å². The summed E-state index contributed by atoms with van der Waals surface area (Å²) in [4.78, 5) is 1.20. The molecule has 1 unspecified atom stereocenters. The maximum atomic E-state index is 5.64. The number of rotatable bonds is 4. The molecule has 1 aliphatic heterocycles. The lowest BCUT2D eigenvalue weighted by Crippen LogP contribution is -2.43. The number of morpholine rings is 1. The Kier molecular flexibility index (Phi) is 5.20. The molecule has 0 amide bonds. The van der Waals surface area contributed by atoms with Crippen LogP contribution in [0.4, 0.5) is 0 Å². The van der Waals surface area contributed by atoms with E-state index in [4.69, 9.17) is 16.4 Å². The number of ether oxygens (including phenoxy) is 1. The Hall–Kier alpha value is -1.57. The lowest BCUT2D eigenvalue weighted by atomic mass is 10.2. The van der Waals surface area contributed by atoms with Gasteiger partial charge in [-0.2, -0.15) is 10.2 Å². The Bertz CT molecular complexity index is 451. The fourth-order valence-electron chi connectivity index (χ4n) is 1.79. The number of hydrogen-bond acceptors (Lipinski definition) is 7. The average molecular weight is 279 g/mol. The molecular weight excluding hydrogens is 262 g/mol. The van der Waals surface area contributed by atoms with Crippen LogP contribution in [0.2, 0.25) is 0 Å². The largest absolute Gasteiger partial charge is 0.369 e. The van der Waals surface area contributed by atoms with Crippen molar-refractivity contribution in [2.45, 2.75) is 11.0 Å². The van der Waals surface area contributed by atoms with Crippen LogP contribution in [0, 0.1) is 0 Å². The van der Waals surface area contributed by atoms with Gasteiger partial charge in [0.05, 0.1) is 12.8 Å². The first-order valence-corrected chi connectivity index (χ1v) is 6.71. The van der Waals surface area contributed by atoms with Crippen LogP contribution in [0.15, 0.2) is 45.4 Å². The third-order valence-electron chi connectivity index (χ3n) is 2.69. The summed E-state index contributed by atoms with van der Waals surface area (Å²) in [5.74, 6) is 10.5. The molecule has 0 spiro atoms. The summed E-state index contributed by atoms with van der Waals surface area (Å²) < 4.78 is 7.86. The van der Waals surface area contributed by atoms with E-state index in [-0.39, 0.29) is 6.10 Å². The molecule has 4 N–H and O–H groups in total. The molecule has 1 aromatic rings. The summed E-state index contributed by atoms with van der Waals surface area (Å²) in [6, 6.07) is 10.2. The van der Waals surface area contributed by atoms with Gasteiger partial charge in [-0.05, 0) is 24.1 Å². The van der Waals surface area contributed by atoms with Gasteiger partial charge >= 0.3 is 0 Å². The predicted octanol–water partition coefficient (Wildman–Crippen LogP) is 0.654. The molecule has 0 aliphatic carbocycles. The third-order valence-corrected chi connectivity index (χ3v) is 3.77. The summed E-state index contributed by atoms with van der Waals surface area (Å²) in [7, 11) is 0. The molecule has 0 radical (unpaired) electrons. The van der Waals surface area contributed by atoms with E-state index in [2.05, 4.69) is 26.6 Å². The average Bonchev–Trinajstić information content (AvgIpc) is 2.46. The molecule has 1 heterocycles. The molecule has 1 fully saturated rings. The fraction of sp³-hybridized carbons (Fsp3) is 0.333. The molecule has 1 atom stereocenters. The Morgan fingerprint density at radius 3 is 2.84 bits per heavy atom. The zero-order valence-electron chi connectivity index (χ0n) is 10.5. The van der Waals surface area contributed by atoms with Gasteiger partial charge in [0.15, 0.2) is 0 Å². The second-order valence-corrected chi connectivity index (χ2v) is 5.15. The van der Waals surface area contributed by atoms with E-state index in [9.17, 15) is 0 Å². The molecule has 19 heavy (non-hydrogen) atoms. The minimum atomic E-state index is -0.192. The first-order valence-electron chi connectivity index (χ1n) is 5.94. The lowest BCUT2D eigenvalue weighted by molar-refractivity contribution is 0.0427. The van der Waals surface area contributed by atoms with Crippen molar-refractivity contribution in [1.29, 1.82) is 0 Å². The van der Waals surface area contributed by atoms with Crippen LogP contribution in [0.25, 0.3) is 0 Å². The van der Waals surface area contributed by atoms with Gasteiger partial charge in [-0.1, -0.05) is 18.2 Å². The number of nitrogens with two attached hydrogens (primary N) is 2. The maximum absolute atomic E-state index is 5.64. The second-order valence-electron chi connectivity index (χ2n) is 3.98. The Morgan fingerprint density at radius 1 is 1.37 bits per heavy atom. The van der Waals surface area contributed by atoms with Crippen molar-refractivity contribution >= 4 is 23.9 Å². The number of hydrogen-bond donors (Lipinski definition) is 2. The second kappa shape index (κ2) is 7.13. The zero-order chi connectivity index (χ0) is 13.5. The van der Waals surface area contributed by atoms with Gasteiger partial charge in [0.1, 0.15) is 11.8 Å². The van der Waals surface area contributed by atoms with Crippen molar-refractivity contribution in [3.8, 4) is 0 Å². The van der Waals surface area contributed by atoms with Crippen molar-refractivity contribution in [1.82, 2.24) is 4.31 Å². The number of benzene rings is 1. The van der Waals surface area contributed by atoms with Crippen molar-refractivity contribution in [2.75, 3.05) is 19.7 Å². The van der Waals surface area contributed by atoms with Crippen LogP contribution in [-0.4, -0.2) is 42.0 Å². The molecular formula is C12H17N5OS. The SMILES string of the molecule is N/N=C(/C=N/N)C1CN(Sc2ccccc2)CCO1. The monoisotopic (exact) mass is 279 g/mol. The molecule has 0 saturated carbocycles. The van der Waals surface area contributed by atoms with Gasteiger partial charge in [0.2, 0.25) is 0 Å². The van der Waals surface area contributed by atoms with Gasteiger partial charge in [0, 0.05) is 18.0 Å². The van der Waals surface area contributed by atoms with E-state index >= 15 is 0 Å². The standard InChI is InChI=1S/C12H17N5OS/c13-15-8-11(16-14)12-9-17(6-7-18-12)19-10-4-2-1-3-5-10/h1-5,8,12H,6-7,9,13-14H2/b15-8+,16-11-. The third kappa shape index (κ3) is 3.95. The zero-order valence-corrected chi connectivity index (χ0v) is 11.3. The van der Waals surface area contributed by atoms with E-state index in [1.54, 1.807) is 11.9 Å². The Labute approximate surface area is 116 Å². The molecule has 1 saturated heterocycles. The van der Waals surface area contributed by atoms with Crippen LogP contribution in [0.5, 0.6) is 0 Å². The molecule has 1 aliphatic rings. The highest BCUT2D eigenvalue weighted by Crippen LogP contribution is 2.24. The fourth-order valence-corrected chi connectivity index (χ4v) is 2.75. The van der Waals surface area contributed by atoms with Crippen LogP contribution in [0.3, 0.4) is 0 Å². The van der Waals surface area contributed by atoms with Crippen LogP contribution in [-0.2, 0) is 4.74 Å². The van der Waals surface area contributed by atoms with E-state index in [0.29, 0.717) is 18.9 Å². The molecule has 102 valence electrons. The molecule has 6 nitrogen and oxygen atoms in total. The van der Waals surface area contributed by atoms with Gasteiger partial charge in [-0.15, -0.1) is 0 Å². The quantitative estimate of drug-likeness (QED) is 0.366. The lowest BCUT2D eigenvalue weighted by Gasteiger charge is -2.31. The minimum Gasteiger partial charge on any atom is -0.369 e. The summed E-state index contributed by atoms with van der Waals surface area (Å²) >= 11 is 1.70. The van der Waals surface area contributed by atoms with E-state index in [0.717, 1.165) is 6.54 Å². The first kappa shape index (κ1) is 13.9. The molecule has 0 aromatic heterocycles. The molecule has 7 heteroatoms. The minimum absolute atomic E-state index is 0.192. The summed E-state index contributed by atoms with van der Waals surface area (Å²) in [6.45, 7) is 2.18. The van der Waals surface area contributed by atoms with Crippen molar-refractivity contribution in [3.05, 3.63) is 30.3 Å². The number of nitrogens with zero attached hydrogens (tertiary/aromatic N) is 3. The molecule has 1 aromatic carbocycles. The molecule has 2 rings (SSSR count). The molecule has 0 bridgehead atoms.